The lowest BCUT2D eigenvalue weighted by atomic mass is 10.2. The molecule has 88 valence electrons. The zero-order valence-electron chi connectivity index (χ0n) is 7.17. The topological polar surface area (TPSA) is 71.4 Å². The number of aromatic carboxylic acids is 1. The summed E-state index contributed by atoms with van der Waals surface area (Å²) in [5.74, 6) is -4.87. The van der Waals surface area contributed by atoms with Crippen molar-refractivity contribution < 1.29 is 27.1 Å². The van der Waals surface area contributed by atoms with Crippen LogP contribution in [-0.4, -0.2) is 19.5 Å². The van der Waals surface area contributed by atoms with E-state index in [0.29, 0.717) is 0 Å². The van der Waals surface area contributed by atoms with Crippen LogP contribution in [0, 0.1) is 11.6 Å². The predicted molar refractivity (Wildman–Crippen MR) is 51.4 cm³/mol. The fourth-order valence-electron chi connectivity index (χ4n) is 0.992. The molecule has 16 heavy (non-hydrogen) atoms. The van der Waals surface area contributed by atoms with Crippen molar-refractivity contribution in [1.29, 1.82) is 0 Å². The van der Waals surface area contributed by atoms with Gasteiger partial charge in [-0.3, -0.25) is 0 Å². The fraction of sp³-hybridized carbons (Fsp3) is 0. The molecule has 1 N–H and O–H groups in total. The van der Waals surface area contributed by atoms with E-state index in [4.69, 9.17) is 27.4 Å². The van der Waals surface area contributed by atoms with Crippen LogP contribution in [0.15, 0.2) is 11.0 Å². The first-order valence-electron chi connectivity index (χ1n) is 3.51. The lowest BCUT2D eigenvalue weighted by molar-refractivity contribution is 0.0691. The number of benzene rings is 1. The van der Waals surface area contributed by atoms with Gasteiger partial charge in [0.25, 0.3) is 9.05 Å². The molecule has 0 aliphatic carbocycles. The van der Waals surface area contributed by atoms with Crippen molar-refractivity contribution >= 4 is 37.3 Å². The molecule has 0 fully saturated rings. The molecule has 0 heterocycles. The summed E-state index contributed by atoms with van der Waals surface area (Å²) < 4.78 is 47.8. The summed E-state index contributed by atoms with van der Waals surface area (Å²) >= 11 is 5.27. The van der Waals surface area contributed by atoms with E-state index in [0.717, 1.165) is 0 Å². The molecule has 9 heteroatoms. The average molecular weight is 291 g/mol. The molecular weight excluding hydrogens is 289 g/mol. The largest absolute Gasteiger partial charge is 0.478 e. The third kappa shape index (κ3) is 2.26. The molecule has 0 amide bonds. The van der Waals surface area contributed by atoms with Crippen LogP contribution in [0.2, 0.25) is 5.02 Å². The van der Waals surface area contributed by atoms with Gasteiger partial charge < -0.3 is 5.11 Å². The minimum Gasteiger partial charge on any atom is -0.478 e. The van der Waals surface area contributed by atoms with Crippen LogP contribution in [0.5, 0.6) is 0 Å². The second kappa shape index (κ2) is 4.15. The van der Waals surface area contributed by atoms with Crippen molar-refractivity contribution in [2.75, 3.05) is 0 Å². The predicted octanol–water partition coefficient (Wildman–Crippen LogP) is 2.24. The van der Waals surface area contributed by atoms with E-state index in [9.17, 15) is 22.0 Å². The smallest absolute Gasteiger partial charge is 0.340 e. The molecule has 0 atom stereocenters. The number of carboxylic acid groups (broad SMARTS) is 1. The Morgan fingerprint density at radius 3 is 2.19 bits per heavy atom. The second-order valence-corrected chi connectivity index (χ2v) is 5.48. The standard InChI is InChI=1S/C7H2Cl2F2O4S/c8-5-4(7(12)13)2(10)1-3(11)6(5)16(9,14)15/h1H,(H,12,13). The van der Waals surface area contributed by atoms with Crippen molar-refractivity contribution in [1.82, 2.24) is 0 Å². The number of halogens is 4. The lowest BCUT2D eigenvalue weighted by Crippen LogP contribution is -2.08. The highest BCUT2D eigenvalue weighted by atomic mass is 35.7. The summed E-state index contributed by atoms with van der Waals surface area (Å²) in [5.41, 5.74) is -1.15. The minimum atomic E-state index is -4.60. The summed E-state index contributed by atoms with van der Waals surface area (Å²) in [6.07, 6.45) is 0. The van der Waals surface area contributed by atoms with Crippen LogP contribution in [0.25, 0.3) is 0 Å². The van der Waals surface area contributed by atoms with Gasteiger partial charge in [-0.25, -0.2) is 22.0 Å². The Morgan fingerprint density at radius 1 is 1.31 bits per heavy atom. The number of rotatable bonds is 2. The van der Waals surface area contributed by atoms with Crippen LogP contribution in [0.1, 0.15) is 10.4 Å². The number of carboxylic acids is 1. The molecule has 0 aromatic heterocycles. The van der Waals surface area contributed by atoms with E-state index in [2.05, 4.69) is 0 Å². The van der Waals surface area contributed by atoms with Gasteiger partial charge in [-0.2, -0.15) is 0 Å². The van der Waals surface area contributed by atoms with E-state index >= 15 is 0 Å². The van der Waals surface area contributed by atoms with Gasteiger partial charge in [-0.15, -0.1) is 0 Å². The lowest BCUT2D eigenvalue weighted by Gasteiger charge is -2.06. The molecule has 0 aliphatic heterocycles. The van der Waals surface area contributed by atoms with E-state index in [-0.39, 0.29) is 6.07 Å². The maximum absolute atomic E-state index is 13.1. The quantitative estimate of drug-likeness (QED) is 0.848. The first-order valence-corrected chi connectivity index (χ1v) is 6.20. The second-order valence-electron chi connectivity index (χ2n) is 2.60. The van der Waals surface area contributed by atoms with Crippen molar-refractivity contribution in [2.24, 2.45) is 0 Å². The van der Waals surface area contributed by atoms with Crippen molar-refractivity contribution in [3.63, 3.8) is 0 Å². The Kier molecular flexibility index (Phi) is 3.41. The molecule has 0 radical (unpaired) electrons. The Bertz CT molecular complexity index is 570. The molecule has 1 rings (SSSR count). The summed E-state index contributed by atoms with van der Waals surface area (Å²) in [4.78, 5) is 9.29. The zero-order valence-corrected chi connectivity index (χ0v) is 9.50. The molecule has 0 bridgehead atoms. The molecule has 0 saturated heterocycles. The Morgan fingerprint density at radius 2 is 1.81 bits per heavy atom. The Balaban J connectivity index is 3.79. The van der Waals surface area contributed by atoms with Crippen molar-refractivity contribution in [2.45, 2.75) is 4.90 Å². The van der Waals surface area contributed by atoms with E-state index < -0.39 is 42.1 Å². The van der Waals surface area contributed by atoms with E-state index in [1.165, 1.54) is 0 Å². The van der Waals surface area contributed by atoms with Gasteiger partial charge >= 0.3 is 5.97 Å². The summed E-state index contributed by atoms with van der Waals surface area (Å²) in [7, 11) is 0.229. The van der Waals surface area contributed by atoms with Gasteiger partial charge in [0.15, 0.2) is 0 Å². The van der Waals surface area contributed by atoms with Crippen LogP contribution in [0.3, 0.4) is 0 Å². The molecule has 4 nitrogen and oxygen atoms in total. The molecule has 1 aromatic carbocycles. The molecule has 1 aromatic rings. The van der Waals surface area contributed by atoms with Crippen molar-refractivity contribution in [3.8, 4) is 0 Å². The van der Waals surface area contributed by atoms with Crippen LogP contribution in [0.4, 0.5) is 8.78 Å². The normalized spacial score (nSPS) is 11.5. The molecule has 0 unspecified atom stereocenters. The van der Waals surface area contributed by atoms with Gasteiger partial charge in [-0.05, 0) is 0 Å². The van der Waals surface area contributed by atoms with Crippen LogP contribution >= 0.6 is 22.3 Å². The Labute approximate surface area is 97.8 Å². The first kappa shape index (κ1) is 13.1. The van der Waals surface area contributed by atoms with Crippen LogP contribution in [-0.2, 0) is 9.05 Å². The summed E-state index contributed by atoms with van der Waals surface area (Å²) in [5, 5.41) is 7.45. The van der Waals surface area contributed by atoms with E-state index in [1.54, 1.807) is 0 Å². The molecule has 0 saturated carbocycles. The fourth-order valence-corrected chi connectivity index (χ4v) is 2.74. The third-order valence-electron chi connectivity index (χ3n) is 1.59. The Hall–Kier alpha value is -0.920. The zero-order chi connectivity index (χ0) is 12.7. The van der Waals surface area contributed by atoms with Crippen LogP contribution < -0.4 is 0 Å². The average Bonchev–Trinajstić information content (AvgIpc) is 1.97. The molecule has 0 aliphatic rings. The first-order chi connectivity index (χ1) is 7.16. The number of hydrogen-bond acceptors (Lipinski definition) is 3. The highest BCUT2D eigenvalue weighted by Crippen LogP contribution is 2.32. The maximum Gasteiger partial charge on any atom is 0.340 e. The van der Waals surface area contributed by atoms with Gasteiger partial charge in [0.05, 0.1) is 5.02 Å². The monoisotopic (exact) mass is 290 g/mol. The van der Waals surface area contributed by atoms with Gasteiger partial charge in [0.2, 0.25) is 0 Å². The summed E-state index contributed by atoms with van der Waals surface area (Å²) in [6.45, 7) is 0. The SMILES string of the molecule is O=C(O)c1c(F)cc(F)c(S(=O)(=O)Cl)c1Cl. The molecular formula is C7H2Cl2F2O4S. The maximum atomic E-state index is 13.1. The third-order valence-corrected chi connectivity index (χ3v) is 3.43. The number of hydrogen-bond donors (Lipinski definition) is 1. The van der Waals surface area contributed by atoms with E-state index in [1.807, 2.05) is 0 Å². The number of carbonyl (C=O) groups is 1. The highest BCUT2D eigenvalue weighted by molar-refractivity contribution is 8.13. The highest BCUT2D eigenvalue weighted by Gasteiger charge is 2.28. The van der Waals surface area contributed by atoms with Gasteiger partial charge in [0.1, 0.15) is 22.1 Å². The minimum absolute atomic E-state index is 0.0879. The van der Waals surface area contributed by atoms with Gasteiger partial charge in [-0.1, -0.05) is 11.6 Å². The molecule has 0 spiro atoms. The van der Waals surface area contributed by atoms with Crippen molar-refractivity contribution in [3.05, 3.63) is 28.3 Å². The summed E-state index contributed by atoms with van der Waals surface area (Å²) in [6, 6.07) is 0.0879. The van der Waals surface area contributed by atoms with Gasteiger partial charge in [0, 0.05) is 16.7 Å².